The van der Waals surface area contributed by atoms with Crippen molar-refractivity contribution in [2.24, 2.45) is 0 Å². The standard InChI is InChI=1S/C16H21N5O3/c1-11-12(2)17-10-20(16(11)23)9-15(22)19-13-7-18-21(8-13)14-3-5-24-6-4-14/h7-8,10,14H,3-6,9H2,1-2H3,(H,19,22). The Morgan fingerprint density at radius 3 is 2.88 bits per heavy atom. The summed E-state index contributed by atoms with van der Waals surface area (Å²) in [4.78, 5) is 28.4. The van der Waals surface area contributed by atoms with E-state index in [1.165, 1.54) is 10.9 Å². The zero-order chi connectivity index (χ0) is 17.1. The molecule has 2 aromatic heterocycles. The minimum Gasteiger partial charge on any atom is -0.381 e. The van der Waals surface area contributed by atoms with Crippen LogP contribution in [0.1, 0.15) is 30.1 Å². The lowest BCUT2D eigenvalue weighted by atomic mass is 10.1. The Hall–Kier alpha value is -2.48. The Morgan fingerprint density at radius 1 is 1.38 bits per heavy atom. The van der Waals surface area contributed by atoms with Gasteiger partial charge in [-0.25, -0.2) is 4.98 Å². The van der Waals surface area contributed by atoms with E-state index in [4.69, 9.17) is 4.74 Å². The maximum Gasteiger partial charge on any atom is 0.256 e. The lowest BCUT2D eigenvalue weighted by Crippen LogP contribution is -2.29. The fourth-order valence-electron chi connectivity index (χ4n) is 2.70. The molecule has 0 spiro atoms. The molecule has 8 nitrogen and oxygen atoms in total. The van der Waals surface area contributed by atoms with Crippen LogP contribution in [0.4, 0.5) is 5.69 Å². The second-order valence-corrected chi connectivity index (χ2v) is 5.99. The highest BCUT2D eigenvalue weighted by molar-refractivity contribution is 5.90. The van der Waals surface area contributed by atoms with Crippen LogP contribution in [-0.2, 0) is 16.1 Å². The maximum atomic E-state index is 12.2. The van der Waals surface area contributed by atoms with Crippen LogP contribution in [0.5, 0.6) is 0 Å². The third kappa shape index (κ3) is 3.53. The Balaban J connectivity index is 1.64. The fraction of sp³-hybridized carbons (Fsp3) is 0.500. The third-order valence-corrected chi connectivity index (χ3v) is 4.28. The monoisotopic (exact) mass is 331 g/mol. The summed E-state index contributed by atoms with van der Waals surface area (Å²) in [7, 11) is 0. The van der Waals surface area contributed by atoms with E-state index >= 15 is 0 Å². The summed E-state index contributed by atoms with van der Waals surface area (Å²) in [6.07, 6.45) is 6.66. The predicted octanol–water partition coefficient (Wildman–Crippen LogP) is 1.05. The Bertz CT molecular complexity index is 789. The maximum absolute atomic E-state index is 12.2. The van der Waals surface area contributed by atoms with Gasteiger partial charge in [-0.15, -0.1) is 0 Å². The third-order valence-electron chi connectivity index (χ3n) is 4.28. The lowest BCUT2D eigenvalue weighted by Gasteiger charge is -2.22. The van der Waals surface area contributed by atoms with Gasteiger partial charge >= 0.3 is 0 Å². The second-order valence-electron chi connectivity index (χ2n) is 5.99. The summed E-state index contributed by atoms with van der Waals surface area (Å²) < 4.78 is 8.51. The van der Waals surface area contributed by atoms with Gasteiger partial charge in [0.1, 0.15) is 6.54 Å². The quantitative estimate of drug-likeness (QED) is 0.904. The number of aryl methyl sites for hydroxylation is 1. The van der Waals surface area contributed by atoms with Gasteiger partial charge in [-0.3, -0.25) is 18.8 Å². The minimum atomic E-state index is -0.284. The molecule has 1 saturated heterocycles. The summed E-state index contributed by atoms with van der Waals surface area (Å²) in [5, 5.41) is 7.08. The first-order chi connectivity index (χ1) is 11.5. The highest BCUT2D eigenvalue weighted by Crippen LogP contribution is 2.21. The molecule has 0 bridgehead atoms. The molecule has 0 aromatic carbocycles. The summed E-state index contributed by atoms with van der Waals surface area (Å²) in [6, 6.07) is 0.302. The largest absolute Gasteiger partial charge is 0.381 e. The summed E-state index contributed by atoms with van der Waals surface area (Å²) >= 11 is 0. The molecule has 8 heteroatoms. The van der Waals surface area contributed by atoms with Gasteiger partial charge in [0.2, 0.25) is 5.91 Å². The fourth-order valence-corrected chi connectivity index (χ4v) is 2.70. The van der Waals surface area contributed by atoms with E-state index in [0.29, 0.717) is 23.0 Å². The van der Waals surface area contributed by atoms with E-state index in [1.54, 1.807) is 20.0 Å². The van der Waals surface area contributed by atoms with Crippen LogP contribution >= 0.6 is 0 Å². The molecular formula is C16H21N5O3. The molecule has 3 heterocycles. The van der Waals surface area contributed by atoms with Gasteiger partial charge in [-0.05, 0) is 26.7 Å². The number of carbonyl (C=O) groups is 1. The minimum absolute atomic E-state index is 0.0740. The van der Waals surface area contributed by atoms with E-state index < -0.39 is 0 Å². The zero-order valence-electron chi connectivity index (χ0n) is 13.9. The molecule has 1 aliphatic heterocycles. The van der Waals surface area contributed by atoms with E-state index in [9.17, 15) is 9.59 Å². The van der Waals surface area contributed by atoms with E-state index in [0.717, 1.165) is 26.1 Å². The van der Waals surface area contributed by atoms with Crippen LogP contribution < -0.4 is 10.9 Å². The number of carbonyl (C=O) groups excluding carboxylic acids is 1. The number of nitrogens with zero attached hydrogens (tertiary/aromatic N) is 4. The molecule has 24 heavy (non-hydrogen) atoms. The van der Waals surface area contributed by atoms with Crippen molar-refractivity contribution in [3.8, 4) is 0 Å². The SMILES string of the molecule is Cc1ncn(CC(=O)Nc2cnn(C3CCOCC3)c2)c(=O)c1C. The van der Waals surface area contributed by atoms with Gasteiger partial charge < -0.3 is 10.1 Å². The highest BCUT2D eigenvalue weighted by atomic mass is 16.5. The smallest absolute Gasteiger partial charge is 0.256 e. The van der Waals surface area contributed by atoms with Crippen LogP contribution in [0, 0.1) is 13.8 Å². The molecule has 0 atom stereocenters. The average Bonchev–Trinajstić information content (AvgIpc) is 3.04. The van der Waals surface area contributed by atoms with Crippen molar-refractivity contribution in [3.63, 3.8) is 0 Å². The van der Waals surface area contributed by atoms with Crippen LogP contribution in [0.2, 0.25) is 0 Å². The molecular weight excluding hydrogens is 310 g/mol. The van der Waals surface area contributed by atoms with Gasteiger partial charge in [0.05, 0.1) is 24.3 Å². The molecule has 3 rings (SSSR count). The molecule has 1 amide bonds. The number of hydrogen-bond acceptors (Lipinski definition) is 5. The van der Waals surface area contributed by atoms with Gasteiger partial charge in [-0.1, -0.05) is 0 Å². The van der Waals surface area contributed by atoms with Crippen molar-refractivity contribution in [2.45, 2.75) is 39.3 Å². The van der Waals surface area contributed by atoms with Crippen LogP contribution in [0.15, 0.2) is 23.5 Å². The first-order valence-corrected chi connectivity index (χ1v) is 7.99. The van der Waals surface area contributed by atoms with Gasteiger partial charge in [0.25, 0.3) is 5.56 Å². The summed E-state index contributed by atoms with van der Waals surface area (Å²) in [5.41, 5.74) is 1.65. The number of rotatable bonds is 4. The van der Waals surface area contributed by atoms with E-state index in [2.05, 4.69) is 15.4 Å². The Morgan fingerprint density at radius 2 is 2.12 bits per heavy atom. The molecule has 0 aliphatic carbocycles. The number of ether oxygens (including phenoxy) is 1. The number of amides is 1. The van der Waals surface area contributed by atoms with Crippen LogP contribution in [-0.4, -0.2) is 38.5 Å². The van der Waals surface area contributed by atoms with Crippen molar-refractivity contribution in [3.05, 3.63) is 40.3 Å². The first-order valence-electron chi connectivity index (χ1n) is 7.99. The first kappa shape index (κ1) is 16.4. The molecule has 0 radical (unpaired) electrons. The van der Waals surface area contributed by atoms with Crippen LogP contribution in [0.25, 0.3) is 0 Å². The topological polar surface area (TPSA) is 91.0 Å². The average molecular weight is 331 g/mol. The molecule has 1 aliphatic rings. The van der Waals surface area contributed by atoms with E-state index in [-0.39, 0.29) is 18.0 Å². The summed E-state index contributed by atoms with van der Waals surface area (Å²) in [5.74, 6) is -0.284. The number of nitrogens with one attached hydrogen (secondary N) is 1. The normalized spacial score (nSPS) is 15.4. The molecule has 1 N–H and O–H groups in total. The lowest BCUT2D eigenvalue weighted by molar-refractivity contribution is -0.116. The van der Waals surface area contributed by atoms with Crippen molar-refractivity contribution >= 4 is 11.6 Å². The highest BCUT2D eigenvalue weighted by Gasteiger charge is 2.17. The summed E-state index contributed by atoms with van der Waals surface area (Å²) in [6.45, 7) is 4.86. The van der Waals surface area contributed by atoms with Crippen molar-refractivity contribution in [1.29, 1.82) is 0 Å². The number of hydrogen-bond donors (Lipinski definition) is 1. The van der Waals surface area contributed by atoms with Crippen molar-refractivity contribution < 1.29 is 9.53 Å². The van der Waals surface area contributed by atoms with Gasteiger partial charge in [0.15, 0.2) is 0 Å². The molecule has 128 valence electrons. The number of anilines is 1. The predicted molar refractivity (Wildman–Crippen MR) is 87.9 cm³/mol. The van der Waals surface area contributed by atoms with Gasteiger partial charge in [-0.2, -0.15) is 5.10 Å². The van der Waals surface area contributed by atoms with Crippen molar-refractivity contribution in [1.82, 2.24) is 19.3 Å². The molecule has 0 saturated carbocycles. The molecule has 0 unspecified atom stereocenters. The zero-order valence-corrected chi connectivity index (χ0v) is 13.9. The number of aromatic nitrogens is 4. The van der Waals surface area contributed by atoms with E-state index in [1.807, 2.05) is 10.9 Å². The second kappa shape index (κ2) is 6.96. The van der Waals surface area contributed by atoms with Crippen molar-refractivity contribution in [2.75, 3.05) is 18.5 Å². The Kier molecular flexibility index (Phi) is 4.75. The Labute approximate surface area is 139 Å². The van der Waals surface area contributed by atoms with Crippen LogP contribution in [0.3, 0.4) is 0 Å². The molecule has 2 aromatic rings. The van der Waals surface area contributed by atoms with Gasteiger partial charge in [0, 0.05) is 30.7 Å². The molecule has 1 fully saturated rings.